The number of primary sulfonamides is 1. The summed E-state index contributed by atoms with van der Waals surface area (Å²) in [5.74, 6) is 0.646. The third kappa shape index (κ3) is 4.60. The number of hydrogen-bond acceptors (Lipinski definition) is 4. The lowest BCUT2D eigenvalue weighted by Gasteiger charge is -2.09. The van der Waals surface area contributed by atoms with Crippen molar-refractivity contribution in [3.05, 3.63) is 66.5 Å². The minimum Gasteiger partial charge on any atom is -0.328 e. The number of carbonyl (C=O) groups excluding carboxylic acids is 1. The zero-order chi connectivity index (χ0) is 22.0. The second kappa shape index (κ2) is 8.49. The number of imidazole rings is 1. The number of carbonyl (C=O) groups is 1. The smallest absolute Gasteiger partial charge is 0.238 e. The first-order valence-electron chi connectivity index (χ1n) is 10.2. The van der Waals surface area contributed by atoms with Crippen LogP contribution in [-0.2, 0) is 27.8 Å². The standard InChI is InChI=1S/C23H24N4O3S/c1-2-13-27-21-10-9-19(31(24,29)30)15-20(21)26-22(27)11-12-23(28)25-18-8-7-16-5-3-4-6-17(16)14-18/h3-10,14-15H,2,11-13H2,1H3,(H,25,28)(H2,24,29,30). The molecule has 0 fully saturated rings. The van der Waals surface area contributed by atoms with Crippen LogP contribution in [0.25, 0.3) is 21.8 Å². The molecule has 3 N–H and O–H groups in total. The third-order valence-corrected chi connectivity index (χ3v) is 6.09. The fourth-order valence-corrected chi connectivity index (χ4v) is 4.25. The van der Waals surface area contributed by atoms with Gasteiger partial charge in [0.05, 0.1) is 15.9 Å². The molecule has 0 unspecified atom stereocenters. The molecule has 4 aromatic rings. The van der Waals surface area contributed by atoms with Crippen molar-refractivity contribution in [1.29, 1.82) is 0 Å². The zero-order valence-corrected chi connectivity index (χ0v) is 18.0. The summed E-state index contributed by atoms with van der Waals surface area (Å²) in [7, 11) is -3.80. The maximum atomic E-state index is 12.5. The molecule has 1 amide bonds. The molecular formula is C23H24N4O3S. The Kier molecular flexibility index (Phi) is 5.75. The second-order valence-electron chi connectivity index (χ2n) is 7.49. The molecule has 0 aliphatic carbocycles. The van der Waals surface area contributed by atoms with Gasteiger partial charge in [-0.05, 0) is 47.5 Å². The molecule has 1 aromatic heterocycles. The van der Waals surface area contributed by atoms with E-state index >= 15 is 0 Å². The van der Waals surface area contributed by atoms with Gasteiger partial charge in [-0.15, -0.1) is 0 Å². The van der Waals surface area contributed by atoms with Gasteiger partial charge < -0.3 is 9.88 Å². The monoisotopic (exact) mass is 436 g/mol. The molecule has 8 heteroatoms. The van der Waals surface area contributed by atoms with Crippen molar-refractivity contribution >= 4 is 43.4 Å². The van der Waals surface area contributed by atoms with Gasteiger partial charge in [0.15, 0.2) is 0 Å². The molecule has 3 aromatic carbocycles. The number of rotatable bonds is 7. The first kappa shape index (κ1) is 21.0. The van der Waals surface area contributed by atoms with E-state index in [4.69, 9.17) is 5.14 Å². The van der Waals surface area contributed by atoms with E-state index in [0.717, 1.165) is 40.8 Å². The Hall–Kier alpha value is -3.23. The van der Waals surface area contributed by atoms with Crippen LogP contribution in [0.5, 0.6) is 0 Å². The maximum Gasteiger partial charge on any atom is 0.238 e. The van der Waals surface area contributed by atoms with Crippen molar-refractivity contribution in [1.82, 2.24) is 9.55 Å². The number of amides is 1. The lowest BCUT2D eigenvalue weighted by atomic mass is 10.1. The Bertz CT molecular complexity index is 1380. The summed E-state index contributed by atoms with van der Waals surface area (Å²) in [6.45, 7) is 2.79. The van der Waals surface area contributed by atoms with Crippen LogP contribution in [0.4, 0.5) is 5.69 Å². The molecule has 4 rings (SSSR count). The molecular weight excluding hydrogens is 412 g/mol. The Morgan fingerprint density at radius 1 is 1.06 bits per heavy atom. The summed E-state index contributed by atoms with van der Waals surface area (Å²) >= 11 is 0. The van der Waals surface area contributed by atoms with Gasteiger partial charge in [-0.1, -0.05) is 37.3 Å². The molecule has 0 saturated heterocycles. The minimum atomic E-state index is -3.80. The average Bonchev–Trinajstić information content (AvgIpc) is 3.09. The molecule has 0 bridgehead atoms. The van der Waals surface area contributed by atoms with Crippen LogP contribution in [0.15, 0.2) is 65.6 Å². The highest BCUT2D eigenvalue weighted by atomic mass is 32.2. The summed E-state index contributed by atoms with van der Waals surface area (Å²) in [6, 6.07) is 18.5. The highest BCUT2D eigenvalue weighted by molar-refractivity contribution is 7.89. The van der Waals surface area contributed by atoms with Crippen molar-refractivity contribution in [2.75, 3.05) is 5.32 Å². The molecule has 1 heterocycles. The van der Waals surface area contributed by atoms with Crippen molar-refractivity contribution in [2.45, 2.75) is 37.6 Å². The normalized spacial score (nSPS) is 11.8. The Labute approximate surface area is 180 Å². The van der Waals surface area contributed by atoms with E-state index in [9.17, 15) is 13.2 Å². The highest BCUT2D eigenvalue weighted by Crippen LogP contribution is 2.22. The van der Waals surface area contributed by atoms with E-state index in [1.165, 1.54) is 12.1 Å². The Morgan fingerprint density at radius 2 is 1.84 bits per heavy atom. The fraction of sp³-hybridized carbons (Fsp3) is 0.217. The topological polar surface area (TPSA) is 107 Å². The molecule has 7 nitrogen and oxygen atoms in total. The summed E-state index contributed by atoms with van der Waals surface area (Å²) in [6.07, 6.45) is 1.60. The first-order chi connectivity index (χ1) is 14.8. The van der Waals surface area contributed by atoms with Crippen LogP contribution < -0.4 is 10.5 Å². The van der Waals surface area contributed by atoms with Crippen LogP contribution in [0, 0.1) is 0 Å². The zero-order valence-electron chi connectivity index (χ0n) is 17.2. The van der Waals surface area contributed by atoms with Gasteiger partial charge in [0.2, 0.25) is 15.9 Å². The van der Waals surface area contributed by atoms with Gasteiger partial charge in [0, 0.05) is 25.1 Å². The van der Waals surface area contributed by atoms with Crippen molar-refractivity contribution in [2.24, 2.45) is 5.14 Å². The SMILES string of the molecule is CCCn1c(CCC(=O)Nc2ccc3ccccc3c2)nc2cc(S(N)(=O)=O)ccc21. The molecule has 31 heavy (non-hydrogen) atoms. The predicted molar refractivity (Wildman–Crippen MR) is 122 cm³/mol. The summed E-state index contributed by atoms with van der Waals surface area (Å²) in [5, 5.41) is 10.4. The number of anilines is 1. The summed E-state index contributed by atoms with van der Waals surface area (Å²) in [5.41, 5.74) is 2.15. The van der Waals surface area contributed by atoms with Crippen LogP contribution in [0.1, 0.15) is 25.6 Å². The van der Waals surface area contributed by atoms with Crippen molar-refractivity contribution in [3.8, 4) is 0 Å². The van der Waals surface area contributed by atoms with Gasteiger partial charge in [-0.3, -0.25) is 4.79 Å². The quantitative estimate of drug-likeness (QED) is 0.459. The molecule has 0 aliphatic rings. The molecule has 0 atom stereocenters. The molecule has 0 radical (unpaired) electrons. The predicted octanol–water partition coefficient (Wildman–Crippen LogP) is 3.82. The number of nitrogens with one attached hydrogen (secondary N) is 1. The number of sulfonamides is 1. The van der Waals surface area contributed by atoms with Gasteiger partial charge in [0.1, 0.15) is 5.82 Å². The largest absolute Gasteiger partial charge is 0.328 e. The second-order valence-corrected chi connectivity index (χ2v) is 9.05. The lowest BCUT2D eigenvalue weighted by molar-refractivity contribution is -0.116. The average molecular weight is 437 g/mol. The molecule has 0 aliphatic heterocycles. The van der Waals surface area contributed by atoms with Gasteiger partial charge in [-0.2, -0.15) is 0 Å². The summed E-state index contributed by atoms with van der Waals surface area (Å²) < 4.78 is 25.3. The minimum absolute atomic E-state index is 0.0294. The van der Waals surface area contributed by atoms with Crippen LogP contribution in [0.2, 0.25) is 0 Å². The van der Waals surface area contributed by atoms with Gasteiger partial charge in [0.25, 0.3) is 0 Å². The number of benzene rings is 3. The van der Waals surface area contributed by atoms with E-state index in [1.54, 1.807) is 6.07 Å². The summed E-state index contributed by atoms with van der Waals surface area (Å²) in [4.78, 5) is 17.2. The number of fused-ring (bicyclic) bond motifs is 2. The van der Waals surface area contributed by atoms with E-state index in [0.29, 0.717) is 11.9 Å². The van der Waals surface area contributed by atoms with Crippen molar-refractivity contribution in [3.63, 3.8) is 0 Å². The van der Waals surface area contributed by atoms with Crippen LogP contribution in [-0.4, -0.2) is 23.9 Å². The Morgan fingerprint density at radius 3 is 2.58 bits per heavy atom. The maximum absolute atomic E-state index is 12.5. The van der Waals surface area contributed by atoms with Crippen LogP contribution in [0.3, 0.4) is 0 Å². The number of aromatic nitrogens is 2. The Balaban J connectivity index is 1.52. The van der Waals surface area contributed by atoms with E-state index in [-0.39, 0.29) is 17.2 Å². The molecule has 0 saturated carbocycles. The van der Waals surface area contributed by atoms with E-state index in [1.807, 2.05) is 47.0 Å². The number of nitrogens with zero attached hydrogens (tertiary/aromatic N) is 2. The highest BCUT2D eigenvalue weighted by Gasteiger charge is 2.15. The third-order valence-electron chi connectivity index (χ3n) is 5.18. The molecule has 160 valence electrons. The number of aryl methyl sites for hydroxylation is 2. The van der Waals surface area contributed by atoms with Crippen LogP contribution >= 0.6 is 0 Å². The first-order valence-corrected chi connectivity index (χ1v) is 11.7. The fourth-order valence-electron chi connectivity index (χ4n) is 3.72. The van der Waals surface area contributed by atoms with E-state index in [2.05, 4.69) is 17.2 Å². The van der Waals surface area contributed by atoms with Gasteiger partial charge >= 0.3 is 0 Å². The van der Waals surface area contributed by atoms with Crippen molar-refractivity contribution < 1.29 is 13.2 Å². The number of nitrogens with two attached hydrogens (primary N) is 1. The number of hydrogen-bond donors (Lipinski definition) is 2. The van der Waals surface area contributed by atoms with Gasteiger partial charge in [-0.25, -0.2) is 18.5 Å². The lowest BCUT2D eigenvalue weighted by Crippen LogP contribution is -2.14. The molecule has 0 spiro atoms. The van der Waals surface area contributed by atoms with E-state index < -0.39 is 10.0 Å².